The van der Waals surface area contributed by atoms with E-state index in [4.69, 9.17) is 4.42 Å². The fourth-order valence-corrected chi connectivity index (χ4v) is 5.42. The number of furan rings is 1. The highest BCUT2D eigenvalue weighted by Crippen LogP contribution is 2.40. The molecule has 0 atom stereocenters. The predicted octanol–water partition coefficient (Wildman–Crippen LogP) is 6.86. The SMILES string of the molecule is CNC(=O)c1c(-c2ccc(F)cc2)oc2ccc(-c3cc(C(=O)N(c4ncc5cnccc5n4)C4CC4)ccc3C)c(F)c12. The zero-order valence-corrected chi connectivity index (χ0v) is 23.8. The number of anilines is 1. The average molecular weight is 590 g/mol. The quantitative estimate of drug-likeness (QED) is 0.228. The molecule has 0 radical (unpaired) electrons. The number of amides is 2. The Labute approximate surface area is 250 Å². The fourth-order valence-electron chi connectivity index (χ4n) is 5.42. The number of halogens is 2. The number of aryl methyl sites for hydroxylation is 1. The van der Waals surface area contributed by atoms with Crippen LogP contribution in [0.4, 0.5) is 14.7 Å². The van der Waals surface area contributed by atoms with Crippen LogP contribution in [0.1, 0.15) is 39.1 Å². The van der Waals surface area contributed by atoms with Crippen molar-refractivity contribution in [2.75, 3.05) is 11.9 Å². The summed E-state index contributed by atoms with van der Waals surface area (Å²) in [6, 6.07) is 15.5. The van der Waals surface area contributed by atoms with E-state index >= 15 is 4.39 Å². The molecule has 0 unspecified atom stereocenters. The molecule has 1 aliphatic rings. The minimum Gasteiger partial charge on any atom is -0.455 e. The molecule has 8 nitrogen and oxygen atoms in total. The lowest BCUT2D eigenvalue weighted by Gasteiger charge is -2.21. The Balaban J connectivity index is 1.33. The zero-order valence-electron chi connectivity index (χ0n) is 23.8. The largest absolute Gasteiger partial charge is 0.455 e. The van der Waals surface area contributed by atoms with E-state index in [2.05, 4.69) is 20.3 Å². The summed E-state index contributed by atoms with van der Waals surface area (Å²) in [5, 5.41) is 3.31. The maximum atomic E-state index is 16.5. The van der Waals surface area contributed by atoms with E-state index in [-0.39, 0.29) is 39.8 Å². The molecule has 2 amide bonds. The molecule has 0 bridgehead atoms. The van der Waals surface area contributed by atoms with Crippen molar-refractivity contribution in [3.05, 3.63) is 108 Å². The van der Waals surface area contributed by atoms with Crippen molar-refractivity contribution in [1.29, 1.82) is 0 Å². The van der Waals surface area contributed by atoms with Crippen molar-refractivity contribution in [1.82, 2.24) is 20.3 Å². The van der Waals surface area contributed by atoms with Crippen LogP contribution in [-0.2, 0) is 0 Å². The van der Waals surface area contributed by atoms with Gasteiger partial charge in [0, 0.05) is 53.8 Å². The Hall–Kier alpha value is -5.51. The van der Waals surface area contributed by atoms with Crippen LogP contribution in [0.25, 0.3) is 44.3 Å². The summed E-state index contributed by atoms with van der Waals surface area (Å²) < 4.78 is 36.1. The standard InChI is InChI=1S/C34H25F2N5O3/c1-18-3-4-20(33(43)41(23-9-10-23)34-39-17-21-16-38-14-13-26(21)40-34)15-25(18)24-11-12-27-28(30(24)36)29(32(42)37-2)31(44-27)19-5-7-22(35)8-6-19/h3-8,11-17,23H,9-10H2,1-2H3,(H,37,42). The molecule has 6 aromatic rings. The van der Waals surface area contributed by atoms with E-state index in [1.807, 2.05) is 6.92 Å². The van der Waals surface area contributed by atoms with Crippen LogP contribution >= 0.6 is 0 Å². The molecule has 1 saturated carbocycles. The second-order valence-electron chi connectivity index (χ2n) is 10.7. The molecule has 1 aliphatic carbocycles. The molecule has 7 rings (SSSR count). The van der Waals surface area contributed by atoms with E-state index in [1.54, 1.807) is 59.9 Å². The van der Waals surface area contributed by atoms with Crippen molar-refractivity contribution in [3.63, 3.8) is 0 Å². The lowest BCUT2D eigenvalue weighted by Crippen LogP contribution is -2.34. The molecular weight excluding hydrogens is 564 g/mol. The molecule has 0 saturated heterocycles. The van der Waals surface area contributed by atoms with E-state index < -0.39 is 17.5 Å². The molecule has 218 valence electrons. The Bertz CT molecular complexity index is 2110. The minimum absolute atomic E-state index is 0.00176. The number of nitrogens with one attached hydrogen (secondary N) is 1. The van der Waals surface area contributed by atoms with Crippen LogP contribution < -0.4 is 10.2 Å². The van der Waals surface area contributed by atoms with Crippen LogP contribution in [0.3, 0.4) is 0 Å². The molecule has 44 heavy (non-hydrogen) atoms. The van der Waals surface area contributed by atoms with Gasteiger partial charge in [-0.1, -0.05) is 6.07 Å². The van der Waals surface area contributed by atoms with E-state index in [9.17, 15) is 14.0 Å². The first-order chi connectivity index (χ1) is 21.3. The van der Waals surface area contributed by atoms with E-state index in [0.717, 1.165) is 23.8 Å². The number of hydrogen-bond donors (Lipinski definition) is 1. The summed E-state index contributed by atoms with van der Waals surface area (Å²) in [5.74, 6) is -1.54. The first-order valence-electron chi connectivity index (χ1n) is 14.1. The molecule has 10 heteroatoms. The van der Waals surface area contributed by atoms with Crippen LogP contribution in [0.5, 0.6) is 0 Å². The number of pyridine rings is 1. The lowest BCUT2D eigenvalue weighted by molar-refractivity contribution is 0.0961. The molecule has 3 aromatic carbocycles. The molecule has 1 fully saturated rings. The molecule has 3 aromatic heterocycles. The monoisotopic (exact) mass is 589 g/mol. The second kappa shape index (κ2) is 10.6. The van der Waals surface area contributed by atoms with Gasteiger partial charge in [-0.25, -0.2) is 18.7 Å². The van der Waals surface area contributed by atoms with Gasteiger partial charge in [-0.3, -0.25) is 19.5 Å². The highest BCUT2D eigenvalue weighted by Gasteiger charge is 2.36. The molecular formula is C34H25F2N5O3. The van der Waals surface area contributed by atoms with Crippen LogP contribution in [-0.4, -0.2) is 39.9 Å². The Morgan fingerprint density at radius 2 is 1.77 bits per heavy atom. The number of nitrogens with zero attached hydrogens (tertiary/aromatic N) is 4. The van der Waals surface area contributed by atoms with Gasteiger partial charge in [0.1, 0.15) is 23.0 Å². The zero-order chi connectivity index (χ0) is 30.5. The first kappa shape index (κ1) is 27.3. The van der Waals surface area contributed by atoms with Crippen LogP contribution in [0, 0.1) is 18.6 Å². The normalized spacial score (nSPS) is 12.9. The topological polar surface area (TPSA) is 101 Å². The predicted molar refractivity (Wildman–Crippen MR) is 162 cm³/mol. The molecule has 1 N–H and O–H groups in total. The number of aromatic nitrogens is 3. The van der Waals surface area contributed by atoms with Crippen LogP contribution in [0.15, 0.2) is 83.7 Å². The summed E-state index contributed by atoms with van der Waals surface area (Å²) in [7, 11) is 1.44. The highest BCUT2D eigenvalue weighted by atomic mass is 19.1. The summed E-state index contributed by atoms with van der Waals surface area (Å²) in [6.07, 6.45) is 6.60. The summed E-state index contributed by atoms with van der Waals surface area (Å²) >= 11 is 0. The van der Waals surface area contributed by atoms with Gasteiger partial charge >= 0.3 is 0 Å². The number of benzene rings is 3. The van der Waals surface area contributed by atoms with Crippen LogP contribution in [0.2, 0.25) is 0 Å². The maximum absolute atomic E-state index is 16.5. The van der Waals surface area contributed by atoms with Gasteiger partial charge in [0.25, 0.3) is 11.8 Å². The smallest absolute Gasteiger partial charge is 0.260 e. The van der Waals surface area contributed by atoms with E-state index in [1.165, 1.54) is 31.3 Å². The Morgan fingerprint density at radius 3 is 2.52 bits per heavy atom. The third kappa shape index (κ3) is 4.64. The van der Waals surface area contributed by atoms with Gasteiger partial charge < -0.3 is 9.73 Å². The molecule has 3 heterocycles. The Kier molecular flexibility index (Phi) is 6.61. The number of fused-ring (bicyclic) bond motifs is 2. The van der Waals surface area contributed by atoms with Gasteiger partial charge in [0.2, 0.25) is 5.95 Å². The van der Waals surface area contributed by atoms with Crippen molar-refractivity contribution in [2.24, 2.45) is 0 Å². The number of rotatable bonds is 6. The third-order valence-corrected chi connectivity index (χ3v) is 7.84. The number of carbonyl (C=O) groups is 2. The van der Waals surface area contributed by atoms with Gasteiger partial charge in [0.05, 0.1) is 16.5 Å². The van der Waals surface area contributed by atoms with E-state index in [0.29, 0.717) is 28.2 Å². The number of hydrogen-bond acceptors (Lipinski definition) is 6. The van der Waals surface area contributed by atoms with Gasteiger partial charge in [-0.05, 0) is 85.5 Å². The van der Waals surface area contributed by atoms with Gasteiger partial charge in [-0.2, -0.15) is 0 Å². The molecule has 0 spiro atoms. The fraction of sp³-hybridized carbons (Fsp3) is 0.147. The lowest BCUT2D eigenvalue weighted by atomic mass is 9.94. The highest BCUT2D eigenvalue weighted by molar-refractivity contribution is 6.12. The minimum atomic E-state index is -0.670. The third-order valence-electron chi connectivity index (χ3n) is 7.84. The maximum Gasteiger partial charge on any atom is 0.260 e. The first-order valence-corrected chi connectivity index (χ1v) is 14.1. The summed E-state index contributed by atoms with van der Waals surface area (Å²) in [4.78, 5) is 41.8. The van der Waals surface area contributed by atoms with Gasteiger partial charge in [0.15, 0.2) is 0 Å². The van der Waals surface area contributed by atoms with Crippen molar-refractivity contribution in [2.45, 2.75) is 25.8 Å². The number of carbonyl (C=O) groups excluding carboxylic acids is 2. The Morgan fingerprint density at radius 1 is 0.977 bits per heavy atom. The van der Waals surface area contributed by atoms with Crippen molar-refractivity contribution < 1.29 is 22.8 Å². The average Bonchev–Trinajstić information content (AvgIpc) is 3.80. The second-order valence-corrected chi connectivity index (χ2v) is 10.7. The summed E-state index contributed by atoms with van der Waals surface area (Å²) in [5.41, 5.74) is 3.04. The van der Waals surface area contributed by atoms with Gasteiger partial charge in [-0.15, -0.1) is 0 Å². The summed E-state index contributed by atoms with van der Waals surface area (Å²) in [6.45, 7) is 1.82. The molecule has 0 aliphatic heterocycles. The van der Waals surface area contributed by atoms with Crippen molar-refractivity contribution >= 4 is 39.6 Å². The van der Waals surface area contributed by atoms with Crippen molar-refractivity contribution in [3.8, 4) is 22.5 Å².